The van der Waals surface area contributed by atoms with E-state index in [4.69, 9.17) is 4.74 Å². The SMILES string of the molecule is Cc1ccc(C(CNC(=O)CCOc2ccccc2)N2CCCC2)cc1. The number of benzene rings is 2. The molecule has 2 aromatic rings. The summed E-state index contributed by atoms with van der Waals surface area (Å²) < 4.78 is 5.61. The van der Waals surface area contributed by atoms with Crippen LogP contribution in [0.4, 0.5) is 0 Å². The summed E-state index contributed by atoms with van der Waals surface area (Å²) in [4.78, 5) is 14.7. The zero-order chi connectivity index (χ0) is 18.2. The Morgan fingerprint density at radius 2 is 1.77 bits per heavy atom. The Hall–Kier alpha value is -2.33. The van der Waals surface area contributed by atoms with Gasteiger partial charge in [0.1, 0.15) is 5.75 Å². The standard InChI is InChI=1S/C22H28N2O2/c1-18-9-11-19(12-10-18)21(24-14-5-6-15-24)17-23-22(25)13-16-26-20-7-3-2-4-8-20/h2-4,7-12,21H,5-6,13-17H2,1H3,(H,23,25). The lowest BCUT2D eigenvalue weighted by Crippen LogP contribution is -2.37. The summed E-state index contributed by atoms with van der Waals surface area (Å²) in [5.41, 5.74) is 2.54. The Bertz CT molecular complexity index is 679. The molecule has 1 unspecified atom stereocenters. The van der Waals surface area contributed by atoms with Gasteiger partial charge in [0, 0.05) is 6.54 Å². The number of para-hydroxylation sites is 1. The third kappa shape index (κ3) is 5.33. The van der Waals surface area contributed by atoms with E-state index in [0.717, 1.165) is 18.8 Å². The second kappa shape index (κ2) is 9.39. The Morgan fingerprint density at radius 3 is 2.46 bits per heavy atom. The van der Waals surface area contributed by atoms with Crippen LogP contribution in [0, 0.1) is 6.92 Å². The molecule has 1 N–H and O–H groups in total. The fourth-order valence-electron chi connectivity index (χ4n) is 3.38. The van der Waals surface area contributed by atoms with Gasteiger partial charge in [-0.25, -0.2) is 0 Å². The fraction of sp³-hybridized carbons (Fsp3) is 0.409. The van der Waals surface area contributed by atoms with Crippen LogP contribution < -0.4 is 10.1 Å². The molecular formula is C22H28N2O2. The first-order chi connectivity index (χ1) is 12.7. The highest BCUT2D eigenvalue weighted by Gasteiger charge is 2.23. The molecule has 26 heavy (non-hydrogen) atoms. The maximum Gasteiger partial charge on any atom is 0.223 e. The molecule has 1 aliphatic heterocycles. The van der Waals surface area contributed by atoms with Crippen molar-refractivity contribution in [2.75, 3.05) is 26.2 Å². The molecule has 0 aliphatic carbocycles. The van der Waals surface area contributed by atoms with Crippen LogP contribution in [0.5, 0.6) is 5.75 Å². The Kier molecular flexibility index (Phi) is 6.67. The summed E-state index contributed by atoms with van der Waals surface area (Å²) in [5.74, 6) is 0.840. The van der Waals surface area contributed by atoms with Crippen LogP contribution in [0.1, 0.15) is 36.4 Å². The van der Waals surface area contributed by atoms with Crippen molar-refractivity contribution in [1.29, 1.82) is 0 Å². The van der Waals surface area contributed by atoms with Gasteiger partial charge in [-0.05, 0) is 50.6 Å². The quantitative estimate of drug-likeness (QED) is 0.787. The van der Waals surface area contributed by atoms with Crippen molar-refractivity contribution in [3.8, 4) is 5.75 Å². The maximum absolute atomic E-state index is 12.2. The Morgan fingerprint density at radius 1 is 1.08 bits per heavy atom. The van der Waals surface area contributed by atoms with Crippen LogP contribution in [-0.2, 0) is 4.79 Å². The van der Waals surface area contributed by atoms with Crippen molar-refractivity contribution in [2.45, 2.75) is 32.2 Å². The molecule has 1 aliphatic rings. The van der Waals surface area contributed by atoms with Crippen LogP contribution in [0.15, 0.2) is 54.6 Å². The van der Waals surface area contributed by atoms with Crippen molar-refractivity contribution in [3.63, 3.8) is 0 Å². The molecular weight excluding hydrogens is 324 g/mol. The zero-order valence-corrected chi connectivity index (χ0v) is 15.5. The number of carbonyl (C=O) groups excluding carboxylic acids is 1. The first-order valence-electron chi connectivity index (χ1n) is 9.47. The van der Waals surface area contributed by atoms with Gasteiger partial charge in [-0.2, -0.15) is 0 Å². The highest BCUT2D eigenvalue weighted by molar-refractivity contribution is 5.76. The van der Waals surface area contributed by atoms with Crippen LogP contribution in [-0.4, -0.2) is 37.0 Å². The van der Waals surface area contributed by atoms with E-state index in [9.17, 15) is 4.79 Å². The average molecular weight is 352 g/mol. The predicted molar refractivity (Wildman–Crippen MR) is 104 cm³/mol. The Labute approximate surface area is 156 Å². The van der Waals surface area contributed by atoms with E-state index in [-0.39, 0.29) is 11.9 Å². The van der Waals surface area contributed by atoms with Crippen molar-refractivity contribution >= 4 is 5.91 Å². The van der Waals surface area contributed by atoms with E-state index >= 15 is 0 Å². The molecule has 0 aromatic heterocycles. The largest absolute Gasteiger partial charge is 0.493 e. The van der Waals surface area contributed by atoms with E-state index < -0.39 is 0 Å². The molecule has 1 atom stereocenters. The number of nitrogens with one attached hydrogen (secondary N) is 1. The van der Waals surface area contributed by atoms with Gasteiger partial charge in [-0.3, -0.25) is 9.69 Å². The number of hydrogen-bond donors (Lipinski definition) is 1. The number of aryl methyl sites for hydroxylation is 1. The highest BCUT2D eigenvalue weighted by atomic mass is 16.5. The minimum absolute atomic E-state index is 0.0391. The molecule has 3 rings (SSSR count). The van der Waals surface area contributed by atoms with Crippen molar-refractivity contribution in [1.82, 2.24) is 10.2 Å². The average Bonchev–Trinajstić information content (AvgIpc) is 3.19. The van der Waals surface area contributed by atoms with Crippen molar-refractivity contribution in [2.24, 2.45) is 0 Å². The van der Waals surface area contributed by atoms with E-state index in [1.54, 1.807) is 0 Å². The molecule has 0 radical (unpaired) electrons. The summed E-state index contributed by atoms with van der Waals surface area (Å²) in [6, 6.07) is 18.5. The number of hydrogen-bond acceptors (Lipinski definition) is 3. The summed E-state index contributed by atoms with van der Waals surface area (Å²) in [6.07, 6.45) is 2.85. The topological polar surface area (TPSA) is 41.6 Å². The predicted octanol–water partition coefficient (Wildman–Crippen LogP) is 3.72. The fourth-order valence-corrected chi connectivity index (χ4v) is 3.38. The molecule has 4 heteroatoms. The van der Waals surface area contributed by atoms with Gasteiger partial charge in [-0.15, -0.1) is 0 Å². The number of carbonyl (C=O) groups is 1. The lowest BCUT2D eigenvalue weighted by molar-refractivity contribution is -0.121. The number of ether oxygens (including phenoxy) is 1. The number of likely N-dealkylation sites (tertiary alicyclic amines) is 1. The minimum Gasteiger partial charge on any atom is -0.493 e. The summed E-state index contributed by atoms with van der Waals surface area (Å²) in [7, 11) is 0. The summed E-state index contributed by atoms with van der Waals surface area (Å²) >= 11 is 0. The van der Waals surface area contributed by atoms with Crippen LogP contribution >= 0.6 is 0 Å². The zero-order valence-electron chi connectivity index (χ0n) is 15.5. The molecule has 0 saturated carbocycles. The normalized spacial score (nSPS) is 15.6. The van der Waals surface area contributed by atoms with Crippen molar-refractivity contribution < 1.29 is 9.53 Å². The molecule has 2 aromatic carbocycles. The smallest absolute Gasteiger partial charge is 0.223 e. The molecule has 1 saturated heterocycles. The molecule has 138 valence electrons. The number of amides is 1. The number of nitrogens with zero attached hydrogens (tertiary/aromatic N) is 1. The van der Waals surface area contributed by atoms with E-state index in [0.29, 0.717) is 19.6 Å². The molecule has 1 fully saturated rings. The van der Waals surface area contributed by atoms with Gasteiger partial charge < -0.3 is 10.1 Å². The molecule has 0 bridgehead atoms. The maximum atomic E-state index is 12.2. The highest BCUT2D eigenvalue weighted by Crippen LogP contribution is 2.25. The first kappa shape index (κ1) is 18.5. The lowest BCUT2D eigenvalue weighted by Gasteiger charge is -2.28. The molecule has 0 spiro atoms. The third-order valence-corrected chi connectivity index (χ3v) is 4.88. The van der Waals surface area contributed by atoms with Gasteiger partial charge in [0.15, 0.2) is 0 Å². The lowest BCUT2D eigenvalue weighted by atomic mass is 10.0. The minimum atomic E-state index is 0.0391. The van der Waals surface area contributed by atoms with Crippen LogP contribution in [0.2, 0.25) is 0 Å². The van der Waals surface area contributed by atoms with E-state index in [1.807, 2.05) is 30.3 Å². The second-order valence-corrected chi connectivity index (χ2v) is 6.89. The second-order valence-electron chi connectivity index (χ2n) is 6.89. The van der Waals surface area contributed by atoms with Crippen LogP contribution in [0.3, 0.4) is 0 Å². The Balaban J connectivity index is 1.50. The van der Waals surface area contributed by atoms with Gasteiger partial charge in [0.25, 0.3) is 0 Å². The molecule has 1 heterocycles. The molecule has 1 amide bonds. The first-order valence-corrected chi connectivity index (χ1v) is 9.47. The third-order valence-electron chi connectivity index (χ3n) is 4.88. The van der Waals surface area contributed by atoms with E-state index in [1.165, 1.54) is 24.0 Å². The van der Waals surface area contributed by atoms with E-state index in [2.05, 4.69) is 41.4 Å². The summed E-state index contributed by atoms with van der Waals surface area (Å²) in [6.45, 7) is 5.35. The van der Waals surface area contributed by atoms with Gasteiger partial charge in [0.05, 0.1) is 19.1 Å². The molecule has 4 nitrogen and oxygen atoms in total. The number of rotatable bonds is 8. The van der Waals surface area contributed by atoms with Gasteiger partial charge in [0.2, 0.25) is 5.91 Å². The summed E-state index contributed by atoms with van der Waals surface area (Å²) in [5, 5.41) is 3.10. The monoisotopic (exact) mass is 352 g/mol. The van der Waals surface area contributed by atoms with Crippen LogP contribution in [0.25, 0.3) is 0 Å². The van der Waals surface area contributed by atoms with Gasteiger partial charge >= 0.3 is 0 Å². The van der Waals surface area contributed by atoms with Crippen molar-refractivity contribution in [3.05, 3.63) is 65.7 Å². The van der Waals surface area contributed by atoms with Gasteiger partial charge in [-0.1, -0.05) is 48.0 Å².